The highest BCUT2D eigenvalue weighted by Gasteiger charge is 2.24. The standard InChI is InChI=1S/C19H28N2O4/c1-15(2)12-17(13-20-19(23)21-8-10-24-11-9-21)18(22)25-14-16-6-4-3-5-7-16/h3-7,15,17H,8-14H2,1-2H3,(H,20,23)/t17-/m1/s1. The molecule has 1 atom stereocenters. The SMILES string of the molecule is CC(C)C[C@H](CNC(=O)N1CCOCC1)C(=O)OCc1ccccc1. The number of ether oxygens (including phenoxy) is 2. The van der Waals surface area contributed by atoms with E-state index in [1.54, 1.807) is 4.90 Å². The van der Waals surface area contributed by atoms with Gasteiger partial charge in [-0.05, 0) is 17.9 Å². The second-order valence-corrected chi connectivity index (χ2v) is 6.71. The number of morpholine rings is 1. The summed E-state index contributed by atoms with van der Waals surface area (Å²) in [5.74, 6) is -0.261. The van der Waals surface area contributed by atoms with E-state index in [0.717, 1.165) is 5.56 Å². The fourth-order valence-electron chi connectivity index (χ4n) is 2.77. The molecule has 1 N–H and O–H groups in total. The Kier molecular flexibility index (Phi) is 7.73. The van der Waals surface area contributed by atoms with Crippen LogP contribution in [0.3, 0.4) is 0 Å². The maximum Gasteiger partial charge on any atom is 0.317 e. The number of rotatable bonds is 7. The first-order chi connectivity index (χ1) is 12.1. The van der Waals surface area contributed by atoms with Crippen LogP contribution in [0.4, 0.5) is 4.79 Å². The molecule has 2 rings (SSSR count). The van der Waals surface area contributed by atoms with Crippen LogP contribution < -0.4 is 5.32 Å². The van der Waals surface area contributed by atoms with Gasteiger partial charge in [0, 0.05) is 19.6 Å². The number of nitrogens with zero attached hydrogens (tertiary/aromatic N) is 1. The van der Waals surface area contributed by atoms with Gasteiger partial charge in [0.05, 0.1) is 19.1 Å². The lowest BCUT2D eigenvalue weighted by Crippen LogP contribution is -2.48. The van der Waals surface area contributed by atoms with E-state index in [4.69, 9.17) is 9.47 Å². The topological polar surface area (TPSA) is 67.9 Å². The number of benzene rings is 1. The first kappa shape index (κ1) is 19.2. The fraction of sp³-hybridized carbons (Fsp3) is 0.579. The first-order valence-corrected chi connectivity index (χ1v) is 8.87. The Labute approximate surface area is 149 Å². The summed E-state index contributed by atoms with van der Waals surface area (Å²) in [6.45, 7) is 6.94. The van der Waals surface area contributed by atoms with Gasteiger partial charge < -0.3 is 19.7 Å². The summed E-state index contributed by atoms with van der Waals surface area (Å²) in [5.41, 5.74) is 0.955. The van der Waals surface area contributed by atoms with Crippen LogP contribution in [0.2, 0.25) is 0 Å². The maximum atomic E-state index is 12.4. The third kappa shape index (κ3) is 6.74. The van der Waals surface area contributed by atoms with E-state index < -0.39 is 0 Å². The molecule has 2 amide bonds. The maximum absolute atomic E-state index is 12.4. The smallest absolute Gasteiger partial charge is 0.317 e. The van der Waals surface area contributed by atoms with E-state index in [9.17, 15) is 9.59 Å². The van der Waals surface area contributed by atoms with Crippen LogP contribution in [0.5, 0.6) is 0 Å². The van der Waals surface area contributed by atoms with Gasteiger partial charge >= 0.3 is 12.0 Å². The summed E-state index contributed by atoms with van der Waals surface area (Å²) >= 11 is 0. The highest BCUT2D eigenvalue weighted by molar-refractivity contribution is 5.76. The Hall–Kier alpha value is -2.08. The van der Waals surface area contributed by atoms with E-state index >= 15 is 0 Å². The largest absolute Gasteiger partial charge is 0.461 e. The van der Waals surface area contributed by atoms with Crippen LogP contribution >= 0.6 is 0 Å². The number of nitrogens with one attached hydrogen (secondary N) is 1. The highest BCUT2D eigenvalue weighted by Crippen LogP contribution is 2.14. The second-order valence-electron chi connectivity index (χ2n) is 6.71. The lowest BCUT2D eigenvalue weighted by molar-refractivity contribution is -0.150. The number of amides is 2. The van der Waals surface area contributed by atoms with Gasteiger partial charge in [0.1, 0.15) is 6.61 Å². The van der Waals surface area contributed by atoms with Crippen LogP contribution in [0.15, 0.2) is 30.3 Å². The van der Waals surface area contributed by atoms with Crippen LogP contribution in [0.25, 0.3) is 0 Å². The molecule has 1 aliphatic heterocycles. The molecule has 1 aromatic rings. The number of hydrogen-bond acceptors (Lipinski definition) is 4. The van der Waals surface area contributed by atoms with Crippen molar-refractivity contribution in [2.75, 3.05) is 32.8 Å². The number of urea groups is 1. The Balaban J connectivity index is 1.84. The molecule has 0 bridgehead atoms. The van der Waals surface area contributed by atoms with Crippen LogP contribution in [-0.4, -0.2) is 49.7 Å². The molecule has 1 fully saturated rings. The van der Waals surface area contributed by atoms with Crippen molar-refractivity contribution in [3.8, 4) is 0 Å². The van der Waals surface area contributed by atoms with Crippen LogP contribution in [-0.2, 0) is 20.9 Å². The molecule has 1 saturated heterocycles. The Bertz CT molecular complexity index is 542. The highest BCUT2D eigenvalue weighted by atomic mass is 16.5. The number of carbonyl (C=O) groups excluding carboxylic acids is 2. The van der Waals surface area contributed by atoms with Crippen molar-refractivity contribution in [1.82, 2.24) is 10.2 Å². The first-order valence-electron chi connectivity index (χ1n) is 8.87. The Morgan fingerprint density at radius 1 is 1.20 bits per heavy atom. The molecule has 1 aromatic carbocycles. The monoisotopic (exact) mass is 348 g/mol. The predicted molar refractivity (Wildman–Crippen MR) is 95.0 cm³/mol. The van der Waals surface area contributed by atoms with Gasteiger partial charge in [-0.1, -0.05) is 44.2 Å². The molecule has 6 nitrogen and oxygen atoms in total. The summed E-state index contributed by atoms with van der Waals surface area (Å²) in [7, 11) is 0. The summed E-state index contributed by atoms with van der Waals surface area (Å²) < 4.78 is 10.7. The third-order valence-electron chi connectivity index (χ3n) is 4.11. The Morgan fingerprint density at radius 3 is 2.52 bits per heavy atom. The van der Waals surface area contributed by atoms with Crippen LogP contribution in [0, 0.1) is 11.8 Å². The zero-order chi connectivity index (χ0) is 18.1. The van der Waals surface area contributed by atoms with Gasteiger partial charge in [-0.15, -0.1) is 0 Å². The molecule has 6 heteroatoms. The molecule has 0 radical (unpaired) electrons. The molecular weight excluding hydrogens is 320 g/mol. The van der Waals surface area contributed by atoms with E-state index in [-0.39, 0.29) is 24.5 Å². The van der Waals surface area contributed by atoms with Crippen molar-refractivity contribution >= 4 is 12.0 Å². The molecule has 0 spiro atoms. The molecule has 0 saturated carbocycles. The average Bonchev–Trinajstić information content (AvgIpc) is 2.64. The van der Waals surface area contributed by atoms with Gasteiger partial charge in [0.2, 0.25) is 0 Å². The van der Waals surface area contributed by atoms with Gasteiger partial charge in [-0.3, -0.25) is 4.79 Å². The van der Waals surface area contributed by atoms with E-state index in [0.29, 0.717) is 45.2 Å². The van der Waals surface area contributed by atoms with Crippen molar-refractivity contribution in [3.05, 3.63) is 35.9 Å². The Morgan fingerprint density at radius 2 is 1.88 bits per heavy atom. The minimum absolute atomic E-state index is 0.145. The molecule has 0 unspecified atom stereocenters. The lowest BCUT2D eigenvalue weighted by atomic mass is 9.97. The number of esters is 1. The van der Waals surface area contributed by atoms with Crippen molar-refractivity contribution < 1.29 is 19.1 Å². The van der Waals surface area contributed by atoms with Gasteiger partial charge in [0.15, 0.2) is 0 Å². The van der Waals surface area contributed by atoms with Gasteiger partial charge in [-0.2, -0.15) is 0 Å². The number of hydrogen-bond donors (Lipinski definition) is 1. The molecular formula is C19H28N2O4. The quantitative estimate of drug-likeness (QED) is 0.769. The zero-order valence-corrected chi connectivity index (χ0v) is 15.1. The van der Waals surface area contributed by atoms with Crippen molar-refractivity contribution in [3.63, 3.8) is 0 Å². The van der Waals surface area contributed by atoms with E-state index in [1.165, 1.54) is 0 Å². The molecule has 1 aliphatic rings. The zero-order valence-electron chi connectivity index (χ0n) is 15.1. The summed E-state index contributed by atoms with van der Waals surface area (Å²) in [6, 6.07) is 9.45. The minimum atomic E-state index is -0.339. The molecule has 25 heavy (non-hydrogen) atoms. The lowest BCUT2D eigenvalue weighted by Gasteiger charge is -2.28. The third-order valence-corrected chi connectivity index (χ3v) is 4.11. The van der Waals surface area contributed by atoms with Crippen LogP contribution in [0.1, 0.15) is 25.8 Å². The van der Waals surface area contributed by atoms with E-state index in [1.807, 2.05) is 30.3 Å². The second kappa shape index (κ2) is 10.0. The molecule has 0 aliphatic carbocycles. The normalized spacial score (nSPS) is 15.7. The van der Waals surface area contributed by atoms with Crippen molar-refractivity contribution in [1.29, 1.82) is 0 Å². The van der Waals surface area contributed by atoms with Crippen molar-refractivity contribution in [2.45, 2.75) is 26.9 Å². The summed E-state index contributed by atoms with van der Waals surface area (Å²) in [5, 5.41) is 2.87. The van der Waals surface area contributed by atoms with Gasteiger partial charge in [-0.25, -0.2) is 4.79 Å². The number of carbonyl (C=O) groups is 2. The molecule has 1 heterocycles. The molecule has 0 aromatic heterocycles. The van der Waals surface area contributed by atoms with E-state index in [2.05, 4.69) is 19.2 Å². The fourth-order valence-corrected chi connectivity index (χ4v) is 2.77. The predicted octanol–water partition coefficient (Wildman–Crippen LogP) is 2.43. The molecule has 138 valence electrons. The van der Waals surface area contributed by atoms with Crippen molar-refractivity contribution in [2.24, 2.45) is 11.8 Å². The minimum Gasteiger partial charge on any atom is -0.461 e. The summed E-state index contributed by atoms with van der Waals surface area (Å²) in [4.78, 5) is 26.3. The average molecular weight is 348 g/mol. The summed E-state index contributed by atoms with van der Waals surface area (Å²) in [6.07, 6.45) is 0.678. The van der Waals surface area contributed by atoms with Gasteiger partial charge in [0.25, 0.3) is 0 Å².